The van der Waals surface area contributed by atoms with Crippen LogP contribution in [0.2, 0.25) is 0 Å². The van der Waals surface area contributed by atoms with Crippen molar-refractivity contribution in [2.75, 3.05) is 10.2 Å². The summed E-state index contributed by atoms with van der Waals surface area (Å²) >= 11 is 0. The van der Waals surface area contributed by atoms with Gasteiger partial charge in [-0.3, -0.25) is 24.5 Å². The lowest BCUT2D eigenvalue weighted by Crippen LogP contribution is -2.52. The number of nitrogens with zero attached hydrogens (tertiary/aromatic N) is 3. The molecule has 10 nitrogen and oxygen atoms in total. The molecule has 4 fully saturated rings. The van der Waals surface area contributed by atoms with Crippen molar-refractivity contribution in [3.05, 3.63) is 154 Å². The van der Waals surface area contributed by atoms with E-state index in [1.807, 2.05) is 48.5 Å². The molecule has 6 heterocycles. The summed E-state index contributed by atoms with van der Waals surface area (Å²) in [5.74, 6) is -0.243. The zero-order chi connectivity index (χ0) is 39.6. The number of hydrogen-bond acceptors (Lipinski definition) is 7. The zero-order valence-corrected chi connectivity index (χ0v) is 31.7. The van der Waals surface area contributed by atoms with Gasteiger partial charge in [0.2, 0.25) is 0 Å². The number of hydrogen-bond donors (Lipinski definition) is 3. The molecule has 4 aliphatic heterocycles. The Morgan fingerprint density at radius 3 is 1.78 bits per heavy atom. The van der Waals surface area contributed by atoms with Crippen LogP contribution in [0.4, 0.5) is 25.0 Å². The van der Waals surface area contributed by atoms with Crippen molar-refractivity contribution in [2.45, 2.75) is 93.0 Å². The molecular formula is C46H42F2N6O4. The Bertz CT molecular complexity index is 2410. The second-order valence-corrected chi connectivity index (χ2v) is 16.6. The number of amides is 3. The summed E-state index contributed by atoms with van der Waals surface area (Å²) in [6, 6.07) is 29.5. The Kier molecular flexibility index (Phi) is 8.76. The highest BCUT2D eigenvalue weighted by Crippen LogP contribution is 2.53. The Morgan fingerprint density at radius 2 is 1.21 bits per heavy atom. The van der Waals surface area contributed by atoms with Crippen LogP contribution in [0, 0.1) is 11.6 Å². The lowest BCUT2D eigenvalue weighted by Gasteiger charge is -2.48. The van der Waals surface area contributed by atoms with Crippen LogP contribution in [0.15, 0.2) is 103 Å². The zero-order valence-electron chi connectivity index (χ0n) is 31.7. The van der Waals surface area contributed by atoms with E-state index >= 15 is 0 Å². The van der Waals surface area contributed by atoms with E-state index < -0.39 is 5.54 Å². The molecule has 4 aliphatic carbocycles. The van der Waals surface area contributed by atoms with E-state index in [2.05, 4.69) is 22.0 Å². The Morgan fingerprint density at radius 1 is 0.672 bits per heavy atom. The monoisotopic (exact) mass is 780 g/mol. The van der Waals surface area contributed by atoms with Gasteiger partial charge < -0.3 is 20.7 Å². The van der Waals surface area contributed by atoms with Crippen molar-refractivity contribution in [1.82, 2.24) is 20.6 Å². The predicted octanol–water partition coefficient (Wildman–Crippen LogP) is 8.35. The number of carbonyl (C=O) groups is 3. The minimum atomic E-state index is -0.514. The third-order valence-corrected chi connectivity index (χ3v) is 12.6. The number of pyridine rings is 2. The summed E-state index contributed by atoms with van der Waals surface area (Å²) in [6.07, 6.45) is 7.10. The average Bonchev–Trinajstić information content (AvgIpc) is 4.17. The highest BCUT2D eigenvalue weighted by molar-refractivity contribution is 5.96. The van der Waals surface area contributed by atoms with Gasteiger partial charge in [-0.2, -0.15) is 0 Å². The third kappa shape index (κ3) is 6.73. The molecule has 13 rings (SSSR count). The summed E-state index contributed by atoms with van der Waals surface area (Å²) < 4.78 is 31.8. The van der Waals surface area contributed by atoms with Gasteiger partial charge in [0.25, 0.3) is 11.8 Å². The summed E-state index contributed by atoms with van der Waals surface area (Å²) in [5, 5.41) is 9.72. The third-order valence-electron chi connectivity index (χ3n) is 12.6. The van der Waals surface area contributed by atoms with Crippen LogP contribution in [-0.2, 0) is 22.4 Å². The molecule has 4 saturated carbocycles. The average molecular weight is 781 g/mol. The minimum Gasteiger partial charge on any atom is -0.444 e. The first-order valence-electron chi connectivity index (χ1n) is 20.1. The first-order valence-corrected chi connectivity index (χ1v) is 20.1. The van der Waals surface area contributed by atoms with E-state index in [0.29, 0.717) is 29.0 Å². The topological polar surface area (TPSA) is 126 Å². The molecule has 5 aromatic rings. The van der Waals surface area contributed by atoms with Crippen LogP contribution in [0.5, 0.6) is 0 Å². The number of benzene rings is 3. The van der Waals surface area contributed by atoms with E-state index in [1.54, 1.807) is 4.90 Å². The maximum Gasteiger partial charge on any atom is 0.414 e. The van der Waals surface area contributed by atoms with Crippen molar-refractivity contribution in [1.29, 1.82) is 0 Å². The standard InChI is InChI=1S/C27H24FN3O3.C19H18FN3O/c28-20-8-6-18(7-9-20)25(32)30-27(12-13-27)23-11-10-22-24(29-23)19-14-21(15-19)31(22)26(33)34-16-17-4-2-1-3-5-17;20-13-3-1-11(2-4-13)18(24)23-19(7-8-19)16-6-5-15-17(22-16)12-9-14(10-12)21-15/h1-11,19,21H,12-16H2,(H,30,32);1-6,12,14,21H,7-10H2,(H,23,24). The number of aromatic nitrogens is 2. The molecule has 0 atom stereocenters. The molecule has 0 saturated heterocycles. The summed E-state index contributed by atoms with van der Waals surface area (Å²) in [5.41, 5.74) is 6.72. The fourth-order valence-electron chi connectivity index (χ4n) is 8.77. The van der Waals surface area contributed by atoms with Crippen molar-refractivity contribution in [3.63, 3.8) is 0 Å². The molecule has 0 radical (unpaired) electrons. The van der Waals surface area contributed by atoms with Crippen LogP contribution in [0.25, 0.3) is 0 Å². The van der Waals surface area contributed by atoms with Crippen LogP contribution in [0.1, 0.15) is 112 Å². The van der Waals surface area contributed by atoms with Gasteiger partial charge in [0.05, 0.1) is 45.2 Å². The van der Waals surface area contributed by atoms with Gasteiger partial charge in [-0.05, 0) is 130 Å². The van der Waals surface area contributed by atoms with Crippen molar-refractivity contribution in [3.8, 4) is 0 Å². The van der Waals surface area contributed by atoms with Crippen molar-refractivity contribution >= 4 is 29.3 Å². The molecule has 294 valence electrons. The van der Waals surface area contributed by atoms with Gasteiger partial charge in [0.1, 0.15) is 18.2 Å². The largest absolute Gasteiger partial charge is 0.444 e. The number of ether oxygens (including phenoxy) is 1. The molecule has 8 aliphatic rings. The highest BCUT2D eigenvalue weighted by atomic mass is 19.1. The van der Waals surface area contributed by atoms with Crippen molar-refractivity contribution in [2.24, 2.45) is 0 Å². The van der Waals surface area contributed by atoms with Gasteiger partial charge >= 0.3 is 6.09 Å². The Balaban J connectivity index is 0.000000149. The molecule has 58 heavy (non-hydrogen) atoms. The fourth-order valence-corrected chi connectivity index (χ4v) is 8.77. The maximum atomic E-state index is 13.2. The molecule has 0 spiro atoms. The van der Waals surface area contributed by atoms with Gasteiger partial charge in [0.15, 0.2) is 0 Å². The SMILES string of the molecule is O=C(NC1(c2ccc3c(n2)C2CC(C2)N3)CC1)c1ccc(F)cc1.O=C(NC1(c2ccc3c(n2)C2CC(C2)N3C(=O)OCc2ccccc2)CC1)c1ccc(F)cc1. The van der Waals surface area contributed by atoms with Gasteiger partial charge in [-0.1, -0.05) is 30.3 Å². The number of anilines is 2. The van der Waals surface area contributed by atoms with E-state index in [0.717, 1.165) is 78.2 Å². The highest BCUT2D eigenvalue weighted by Gasteiger charge is 2.51. The normalized spacial score (nSPS) is 22.8. The van der Waals surface area contributed by atoms with E-state index in [-0.39, 0.29) is 47.7 Å². The van der Waals surface area contributed by atoms with Crippen LogP contribution >= 0.6 is 0 Å². The lowest BCUT2D eigenvalue weighted by atomic mass is 9.72. The summed E-state index contributed by atoms with van der Waals surface area (Å²) in [7, 11) is 0. The molecule has 4 bridgehead atoms. The van der Waals surface area contributed by atoms with E-state index in [9.17, 15) is 23.2 Å². The molecule has 3 N–H and O–H groups in total. The Labute approximate surface area is 334 Å². The maximum absolute atomic E-state index is 13.2. The van der Waals surface area contributed by atoms with Crippen LogP contribution in [0.3, 0.4) is 0 Å². The molecule has 2 aromatic heterocycles. The second-order valence-electron chi connectivity index (χ2n) is 16.6. The van der Waals surface area contributed by atoms with Crippen LogP contribution in [-0.4, -0.2) is 40.0 Å². The molecule has 3 aromatic carbocycles. The fraction of sp³-hybridized carbons (Fsp3) is 0.326. The molecule has 12 heteroatoms. The molecule has 0 unspecified atom stereocenters. The Hall–Kier alpha value is -6.17. The minimum absolute atomic E-state index is 0.140. The number of halogens is 2. The second kappa shape index (κ2) is 14.0. The van der Waals surface area contributed by atoms with Crippen LogP contribution < -0.4 is 20.9 Å². The van der Waals surface area contributed by atoms with E-state index in [4.69, 9.17) is 14.7 Å². The van der Waals surface area contributed by atoms with Crippen molar-refractivity contribution < 1.29 is 27.9 Å². The predicted molar refractivity (Wildman–Crippen MR) is 212 cm³/mol. The quantitative estimate of drug-likeness (QED) is 0.145. The first-order chi connectivity index (χ1) is 28.1. The number of rotatable bonds is 8. The summed E-state index contributed by atoms with van der Waals surface area (Å²) in [6.45, 7) is 0.228. The van der Waals surface area contributed by atoms with Gasteiger partial charge in [-0.25, -0.2) is 13.6 Å². The number of nitrogens with one attached hydrogen (secondary N) is 3. The molecular weight excluding hydrogens is 739 g/mol. The van der Waals surface area contributed by atoms with Gasteiger partial charge in [-0.15, -0.1) is 0 Å². The first kappa shape index (κ1) is 36.2. The molecule has 3 amide bonds. The van der Waals surface area contributed by atoms with Gasteiger partial charge in [0, 0.05) is 35.0 Å². The van der Waals surface area contributed by atoms with E-state index in [1.165, 1.54) is 61.4 Å². The number of carbonyl (C=O) groups excluding carboxylic acids is 3. The summed E-state index contributed by atoms with van der Waals surface area (Å²) in [4.78, 5) is 49.8. The lowest BCUT2D eigenvalue weighted by molar-refractivity contribution is 0.0921. The smallest absolute Gasteiger partial charge is 0.414 e.